The number of ether oxygens (including phenoxy) is 1. The second-order valence-corrected chi connectivity index (χ2v) is 6.70. The minimum Gasteiger partial charge on any atom is -0.480 e. The summed E-state index contributed by atoms with van der Waals surface area (Å²) in [4.78, 5) is 24.0. The van der Waals surface area contributed by atoms with Gasteiger partial charge in [0, 0.05) is 7.11 Å². The maximum atomic E-state index is 12.3. The van der Waals surface area contributed by atoms with E-state index in [2.05, 4.69) is 12.2 Å². The number of carboxylic acids is 1. The van der Waals surface area contributed by atoms with Crippen LogP contribution in [0.4, 0.5) is 0 Å². The third-order valence-electron chi connectivity index (χ3n) is 5.50. The molecule has 0 aromatic carbocycles. The number of amides is 1. The fourth-order valence-electron chi connectivity index (χ4n) is 3.60. The van der Waals surface area contributed by atoms with Crippen molar-refractivity contribution in [3.63, 3.8) is 0 Å². The Labute approximate surface area is 126 Å². The summed E-state index contributed by atoms with van der Waals surface area (Å²) in [6.45, 7) is 2.13. The highest BCUT2D eigenvalue weighted by Crippen LogP contribution is 2.39. The molecule has 0 saturated heterocycles. The van der Waals surface area contributed by atoms with Crippen LogP contribution in [0.25, 0.3) is 0 Å². The molecule has 2 saturated carbocycles. The van der Waals surface area contributed by atoms with Crippen molar-refractivity contribution in [1.29, 1.82) is 0 Å². The van der Waals surface area contributed by atoms with Crippen molar-refractivity contribution in [1.82, 2.24) is 5.32 Å². The van der Waals surface area contributed by atoms with Crippen molar-refractivity contribution in [2.24, 2.45) is 5.92 Å². The number of methoxy groups -OCH3 is 1. The van der Waals surface area contributed by atoms with Gasteiger partial charge in [-0.3, -0.25) is 4.79 Å². The largest absolute Gasteiger partial charge is 0.480 e. The van der Waals surface area contributed by atoms with Crippen molar-refractivity contribution >= 4 is 11.9 Å². The monoisotopic (exact) mass is 297 g/mol. The quantitative estimate of drug-likeness (QED) is 0.789. The molecule has 120 valence electrons. The topological polar surface area (TPSA) is 75.6 Å². The van der Waals surface area contributed by atoms with Crippen LogP contribution < -0.4 is 5.32 Å². The molecule has 2 fully saturated rings. The second kappa shape index (κ2) is 6.34. The standard InChI is InChI=1S/C16H27NO4/c1-3-12-5-9-16(10-6-12,14(19)20)17-13(18)11-15(21-2)7-4-8-15/h12H,3-11H2,1-2H3,(H,17,18)(H,19,20). The van der Waals surface area contributed by atoms with Gasteiger partial charge in [0.25, 0.3) is 0 Å². The van der Waals surface area contributed by atoms with E-state index < -0.39 is 11.5 Å². The molecule has 0 heterocycles. The van der Waals surface area contributed by atoms with Gasteiger partial charge >= 0.3 is 5.97 Å². The predicted molar refractivity (Wildman–Crippen MR) is 79.0 cm³/mol. The summed E-state index contributed by atoms with van der Waals surface area (Å²) < 4.78 is 5.45. The first-order valence-corrected chi connectivity index (χ1v) is 8.05. The highest BCUT2D eigenvalue weighted by Gasteiger charge is 2.45. The van der Waals surface area contributed by atoms with Gasteiger partial charge in [-0.1, -0.05) is 13.3 Å². The molecule has 5 nitrogen and oxygen atoms in total. The van der Waals surface area contributed by atoms with E-state index in [1.807, 2.05) is 0 Å². The molecule has 0 radical (unpaired) electrons. The van der Waals surface area contributed by atoms with Crippen molar-refractivity contribution in [3.8, 4) is 0 Å². The van der Waals surface area contributed by atoms with Crippen LogP contribution in [0.1, 0.15) is 64.7 Å². The van der Waals surface area contributed by atoms with Gasteiger partial charge in [-0.05, 0) is 50.9 Å². The number of carbonyl (C=O) groups is 2. The maximum absolute atomic E-state index is 12.3. The van der Waals surface area contributed by atoms with Crippen LogP contribution in [0.2, 0.25) is 0 Å². The zero-order valence-electron chi connectivity index (χ0n) is 13.1. The minimum absolute atomic E-state index is 0.186. The van der Waals surface area contributed by atoms with E-state index in [0.717, 1.165) is 38.5 Å². The van der Waals surface area contributed by atoms with Gasteiger partial charge in [-0.25, -0.2) is 4.79 Å². The van der Waals surface area contributed by atoms with Crippen molar-refractivity contribution in [2.75, 3.05) is 7.11 Å². The molecule has 2 N–H and O–H groups in total. The molecule has 0 aliphatic heterocycles. The van der Waals surface area contributed by atoms with Gasteiger partial charge in [-0.2, -0.15) is 0 Å². The summed E-state index contributed by atoms with van der Waals surface area (Å²) in [5.74, 6) is -0.495. The Balaban J connectivity index is 1.97. The molecule has 0 bridgehead atoms. The number of carboxylic acid groups (broad SMARTS) is 1. The van der Waals surface area contributed by atoms with Gasteiger partial charge in [0.2, 0.25) is 5.91 Å². The normalized spacial score (nSPS) is 31.2. The summed E-state index contributed by atoms with van der Waals surface area (Å²) in [6, 6.07) is 0. The average molecular weight is 297 g/mol. The van der Waals surface area contributed by atoms with E-state index in [1.165, 1.54) is 0 Å². The van der Waals surface area contributed by atoms with Crippen molar-refractivity contribution < 1.29 is 19.4 Å². The minimum atomic E-state index is -1.07. The van der Waals surface area contributed by atoms with Gasteiger partial charge in [-0.15, -0.1) is 0 Å². The van der Waals surface area contributed by atoms with Gasteiger partial charge < -0.3 is 15.2 Å². The molecule has 2 aliphatic carbocycles. The lowest BCUT2D eigenvalue weighted by Gasteiger charge is -2.42. The first-order valence-electron chi connectivity index (χ1n) is 8.05. The van der Waals surface area contributed by atoms with Crippen LogP contribution >= 0.6 is 0 Å². The lowest BCUT2D eigenvalue weighted by Crippen LogP contribution is -2.58. The molecule has 0 aromatic heterocycles. The number of aliphatic carboxylic acids is 1. The number of carbonyl (C=O) groups excluding carboxylic acids is 1. The Morgan fingerprint density at radius 3 is 2.24 bits per heavy atom. The molecule has 5 heteroatoms. The molecule has 0 aromatic rings. The van der Waals surface area contributed by atoms with E-state index >= 15 is 0 Å². The van der Waals surface area contributed by atoms with Crippen LogP contribution in [0.3, 0.4) is 0 Å². The number of rotatable bonds is 6. The zero-order valence-corrected chi connectivity index (χ0v) is 13.1. The summed E-state index contributed by atoms with van der Waals surface area (Å²) in [5, 5.41) is 12.4. The molecule has 21 heavy (non-hydrogen) atoms. The van der Waals surface area contributed by atoms with Gasteiger partial charge in [0.05, 0.1) is 12.0 Å². The third-order valence-corrected chi connectivity index (χ3v) is 5.50. The second-order valence-electron chi connectivity index (χ2n) is 6.70. The van der Waals surface area contributed by atoms with Crippen LogP contribution in [0.5, 0.6) is 0 Å². The summed E-state index contributed by atoms with van der Waals surface area (Å²) in [6.07, 6.45) is 7.01. The predicted octanol–water partition coefficient (Wildman–Crippen LogP) is 2.49. The third kappa shape index (κ3) is 3.39. The molecule has 0 unspecified atom stereocenters. The average Bonchev–Trinajstić information content (AvgIpc) is 2.43. The fourth-order valence-corrected chi connectivity index (χ4v) is 3.60. The smallest absolute Gasteiger partial charge is 0.329 e. The van der Waals surface area contributed by atoms with Crippen LogP contribution in [0.15, 0.2) is 0 Å². The van der Waals surface area contributed by atoms with E-state index in [0.29, 0.717) is 18.8 Å². The van der Waals surface area contributed by atoms with E-state index in [9.17, 15) is 14.7 Å². The molecule has 0 spiro atoms. The molecule has 2 rings (SSSR count). The summed E-state index contributed by atoms with van der Waals surface area (Å²) in [7, 11) is 1.63. The molecule has 0 atom stereocenters. The van der Waals surface area contributed by atoms with E-state index in [-0.39, 0.29) is 17.9 Å². The highest BCUT2D eigenvalue weighted by atomic mass is 16.5. The van der Waals surface area contributed by atoms with Crippen molar-refractivity contribution in [3.05, 3.63) is 0 Å². The Hall–Kier alpha value is -1.10. The van der Waals surface area contributed by atoms with Gasteiger partial charge in [0.15, 0.2) is 0 Å². The Morgan fingerprint density at radius 2 is 1.86 bits per heavy atom. The molecular formula is C16H27NO4. The lowest BCUT2D eigenvalue weighted by atomic mass is 9.74. The number of hydrogen-bond donors (Lipinski definition) is 2. The summed E-state index contributed by atoms with van der Waals surface area (Å²) in [5.41, 5.74) is -1.42. The van der Waals surface area contributed by atoms with E-state index in [1.54, 1.807) is 7.11 Å². The zero-order chi connectivity index (χ0) is 15.5. The SMILES string of the molecule is CCC1CCC(NC(=O)CC2(OC)CCC2)(C(=O)O)CC1. The fraction of sp³-hybridized carbons (Fsp3) is 0.875. The Kier molecular flexibility index (Phi) is 4.91. The molecular weight excluding hydrogens is 270 g/mol. The maximum Gasteiger partial charge on any atom is 0.329 e. The summed E-state index contributed by atoms with van der Waals surface area (Å²) >= 11 is 0. The molecule has 2 aliphatic rings. The highest BCUT2D eigenvalue weighted by molar-refractivity contribution is 5.87. The lowest BCUT2D eigenvalue weighted by molar-refractivity contribution is -0.152. The molecule has 1 amide bonds. The first-order chi connectivity index (χ1) is 9.95. The van der Waals surface area contributed by atoms with Crippen LogP contribution in [0, 0.1) is 5.92 Å². The Morgan fingerprint density at radius 1 is 1.24 bits per heavy atom. The van der Waals surface area contributed by atoms with Gasteiger partial charge in [0.1, 0.15) is 5.54 Å². The first kappa shape index (κ1) is 16.3. The van der Waals surface area contributed by atoms with Crippen molar-refractivity contribution in [2.45, 2.75) is 75.9 Å². The van der Waals surface area contributed by atoms with Crippen LogP contribution in [-0.4, -0.2) is 35.2 Å². The van der Waals surface area contributed by atoms with E-state index in [4.69, 9.17) is 4.74 Å². The Bertz CT molecular complexity index is 390. The number of hydrogen-bond acceptors (Lipinski definition) is 3. The number of nitrogens with one attached hydrogen (secondary N) is 1. The van der Waals surface area contributed by atoms with Crippen LogP contribution in [-0.2, 0) is 14.3 Å².